The zero-order valence-electron chi connectivity index (χ0n) is 14.1. The third-order valence-electron chi connectivity index (χ3n) is 4.29. The van der Waals surface area contributed by atoms with Crippen LogP contribution in [0.5, 0.6) is 0 Å². The summed E-state index contributed by atoms with van der Waals surface area (Å²) in [7, 11) is 0. The molecule has 1 aromatic heterocycles. The summed E-state index contributed by atoms with van der Waals surface area (Å²) in [4.78, 5) is 25.3. The number of hydrogen-bond donors (Lipinski definition) is 2. The van der Waals surface area contributed by atoms with Gasteiger partial charge in [0.15, 0.2) is 0 Å². The number of anilines is 2. The van der Waals surface area contributed by atoms with E-state index in [-0.39, 0.29) is 17.7 Å². The third kappa shape index (κ3) is 3.68. The van der Waals surface area contributed by atoms with Crippen LogP contribution in [0.2, 0.25) is 0 Å². The molecule has 2 N–H and O–H groups in total. The summed E-state index contributed by atoms with van der Waals surface area (Å²) in [6.45, 7) is 0. The highest BCUT2D eigenvalue weighted by atomic mass is 32.1. The molecule has 5 heteroatoms. The minimum absolute atomic E-state index is 0.0538. The summed E-state index contributed by atoms with van der Waals surface area (Å²) in [6, 6.07) is 19.1. The predicted molar refractivity (Wildman–Crippen MR) is 106 cm³/mol. The number of hydrogen-bond acceptors (Lipinski definition) is 3. The molecule has 3 aromatic rings. The first kappa shape index (κ1) is 16.5. The van der Waals surface area contributed by atoms with Gasteiger partial charge in [0.25, 0.3) is 5.91 Å². The summed E-state index contributed by atoms with van der Waals surface area (Å²) in [5.74, 6) is 0.0513. The molecule has 1 fully saturated rings. The number of rotatable bonds is 5. The van der Waals surface area contributed by atoms with Gasteiger partial charge >= 0.3 is 0 Å². The molecule has 4 nitrogen and oxygen atoms in total. The molecule has 26 heavy (non-hydrogen) atoms. The molecule has 1 aliphatic rings. The van der Waals surface area contributed by atoms with Gasteiger partial charge in [-0.15, -0.1) is 11.3 Å². The minimum atomic E-state index is -0.149. The molecule has 0 aliphatic heterocycles. The molecule has 2 amide bonds. The molecule has 0 atom stereocenters. The van der Waals surface area contributed by atoms with Crippen LogP contribution in [-0.2, 0) is 4.79 Å². The van der Waals surface area contributed by atoms with E-state index in [4.69, 9.17) is 0 Å². The topological polar surface area (TPSA) is 58.2 Å². The van der Waals surface area contributed by atoms with Crippen molar-refractivity contribution in [3.8, 4) is 11.1 Å². The Kier molecular flexibility index (Phi) is 4.54. The average Bonchev–Trinajstić information content (AvgIpc) is 3.39. The van der Waals surface area contributed by atoms with Crippen LogP contribution in [-0.4, -0.2) is 11.8 Å². The fourth-order valence-corrected chi connectivity index (χ4v) is 3.59. The largest absolute Gasteiger partial charge is 0.326 e. The van der Waals surface area contributed by atoms with E-state index in [0.29, 0.717) is 16.3 Å². The van der Waals surface area contributed by atoms with E-state index >= 15 is 0 Å². The van der Waals surface area contributed by atoms with Gasteiger partial charge in [0.1, 0.15) is 0 Å². The Morgan fingerprint density at radius 3 is 2.35 bits per heavy atom. The number of nitrogens with one attached hydrogen (secondary N) is 2. The van der Waals surface area contributed by atoms with Crippen LogP contribution < -0.4 is 10.6 Å². The van der Waals surface area contributed by atoms with Gasteiger partial charge in [-0.1, -0.05) is 36.4 Å². The van der Waals surface area contributed by atoms with E-state index in [9.17, 15) is 9.59 Å². The van der Waals surface area contributed by atoms with Gasteiger partial charge in [-0.2, -0.15) is 0 Å². The molecule has 0 radical (unpaired) electrons. The molecule has 1 aliphatic carbocycles. The second kappa shape index (κ2) is 7.14. The molecule has 4 rings (SSSR count). The maximum atomic E-state index is 12.7. The van der Waals surface area contributed by atoms with Crippen molar-refractivity contribution in [1.29, 1.82) is 0 Å². The fourth-order valence-electron chi connectivity index (χ4n) is 2.78. The second-order valence-corrected chi connectivity index (χ2v) is 7.24. The lowest BCUT2D eigenvalue weighted by Gasteiger charge is -2.09. The summed E-state index contributed by atoms with van der Waals surface area (Å²) < 4.78 is 0. The van der Waals surface area contributed by atoms with Crippen molar-refractivity contribution in [1.82, 2.24) is 0 Å². The van der Waals surface area contributed by atoms with Crippen LogP contribution in [0.4, 0.5) is 11.4 Å². The Labute approximate surface area is 155 Å². The van der Waals surface area contributed by atoms with Gasteiger partial charge in [-0.25, -0.2) is 0 Å². The van der Waals surface area contributed by atoms with Crippen molar-refractivity contribution in [2.75, 3.05) is 10.6 Å². The Hall–Kier alpha value is -2.92. The first-order valence-corrected chi connectivity index (χ1v) is 9.44. The lowest BCUT2D eigenvalue weighted by Crippen LogP contribution is -2.14. The van der Waals surface area contributed by atoms with Crippen molar-refractivity contribution < 1.29 is 9.59 Å². The maximum absolute atomic E-state index is 12.7. The smallest absolute Gasteiger partial charge is 0.266 e. The van der Waals surface area contributed by atoms with Crippen molar-refractivity contribution in [2.24, 2.45) is 5.92 Å². The Morgan fingerprint density at radius 2 is 1.62 bits per heavy atom. The van der Waals surface area contributed by atoms with Crippen LogP contribution in [0.1, 0.15) is 22.5 Å². The molecule has 1 saturated carbocycles. The van der Waals surface area contributed by atoms with Crippen molar-refractivity contribution in [3.63, 3.8) is 0 Å². The van der Waals surface area contributed by atoms with Crippen LogP contribution in [0, 0.1) is 5.92 Å². The van der Waals surface area contributed by atoms with Crippen LogP contribution in [0.3, 0.4) is 0 Å². The molecule has 0 bridgehead atoms. The highest BCUT2D eigenvalue weighted by Gasteiger charge is 2.29. The van der Waals surface area contributed by atoms with Gasteiger partial charge in [0.2, 0.25) is 5.91 Å². The van der Waals surface area contributed by atoms with Crippen molar-refractivity contribution in [3.05, 3.63) is 70.9 Å². The number of carbonyl (C=O) groups is 2. The van der Waals surface area contributed by atoms with E-state index in [0.717, 1.165) is 24.0 Å². The molecule has 2 aromatic carbocycles. The lowest BCUT2D eigenvalue weighted by molar-refractivity contribution is -0.117. The first-order valence-electron chi connectivity index (χ1n) is 8.56. The van der Waals surface area contributed by atoms with Gasteiger partial charge in [0, 0.05) is 22.9 Å². The fraction of sp³-hybridized carbons (Fsp3) is 0.143. The third-order valence-corrected chi connectivity index (χ3v) is 5.21. The second-order valence-electron chi connectivity index (χ2n) is 6.33. The molecular weight excluding hydrogens is 344 g/mol. The summed E-state index contributed by atoms with van der Waals surface area (Å²) in [5, 5.41) is 7.76. The Bertz CT molecular complexity index is 945. The van der Waals surface area contributed by atoms with Gasteiger partial charge < -0.3 is 10.6 Å². The zero-order valence-corrected chi connectivity index (χ0v) is 14.9. The van der Waals surface area contributed by atoms with E-state index in [2.05, 4.69) is 10.6 Å². The van der Waals surface area contributed by atoms with Crippen LogP contribution >= 0.6 is 11.3 Å². The minimum Gasteiger partial charge on any atom is -0.326 e. The van der Waals surface area contributed by atoms with Crippen molar-refractivity contribution >= 4 is 34.5 Å². The standard InChI is InChI=1S/C21H18N2O2S/c24-20(15-9-10-15)22-16-7-4-8-17(13-16)23-21(25)19-18(11-12-26-19)14-5-2-1-3-6-14/h1-8,11-13,15H,9-10H2,(H,22,24)(H,23,25). The van der Waals surface area contributed by atoms with Crippen LogP contribution in [0.15, 0.2) is 66.0 Å². The molecule has 0 spiro atoms. The summed E-state index contributed by atoms with van der Waals surface area (Å²) in [6.07, 6.45) is 1.92. The molecule has 0 unspecified atom stereocenters. The zero-order chi connectivity index (χ0) is 17.9. The quantitative estimate of drug-likeness (QED) is 0.670. The van der Waals surface area contributed by atoms with Crippen LogP contribution in [0.25, 0.3) is 11.1 Å². The van der Waals surface area contributed by atoms with E-state index < -0.39 is 0 Å². The summed E-state index contributed by atoms with van der Waals surface area (Å²) in [5.41, 5.74) is 3.31. The SMILES string of the molecule is O=C(Nc1cccc(NC(=O)C2CC2)c1)c1sccc1-c1ccccc1. The Balaban J connectivity index is 1.50. The normalized spacial score (nSPS) is 13.2. The van der Waals surface area contributed by atoms with E-state index in [1.807, 2.05) is 60.0 Å². The van der Waals surface area contributed by atoms with Gasteiger partial charge in [-0.05, 0) is 48.1 Å². The number of carbonyl (C=O) groups excluding carboxylic acids is 2. The molecule has 1 heterocycles. The molecule has 0 saturated heterocycles. The number of thiophene rings is 1. The molecular formula is C21H18N2O2S. The highest BCUT2D eigenvalue weighted by Crippen LogP contribution is 2.31. The maximum Gasteiger partial charge on any atom is 0.266 e. The lowest BCUT2D eigenvalue weighted by atomic mass is 10.1. The number of amides is 2. The monoisotopic (exact) mass is 362 g/mol. The molecule has 130 valence electrons. The summed E-state index contributed by atoms with van der Waals surface area (Å²) >= 11 is 1.42. The highest BCUT2D eigenvalue weighted by molar-refractivity contribution is 7.12. The van der Waals surface area contributed by atoms with Gasteiger partial charge in [0.05, 0.1) is 4.88 Å². The predicted octanol–water partition coefficient (Wildman–Crippen LogP) is 5.02. The van der Waals surface area contributed by atoms with Gasteiger partial charge in [-0.3, -0.25) is 9.59 Å². The number of benzene rings is 2. The first-order chi connectivity index (χ1) is 12.7. The Morgan fingerprint density at radius 1 is 0.885 bits per heavy atom. The van der Waals surface area contributed by atoms with Crippen molar-refractivity contribution in [2.45, 2.75) is 12.8 Å². The van der Waals surface area contributed by atoms with E-state index in [1.165, 1.54) is 11.3 Å². The average molecular weight is 362 g/mol. The van der Waals surface area contributed by atoms with E-state index in [1.54, 1.807) is 6.07 Å².